The summed E-state index contributed by atoms with van der Waals surface area (Å²) in [5.41, 5.74) is -1.12. The zero-order chi connectivity index (χ0) is 27.8. The molecule has 14 heteroatoms. The minimum Gasteiger partial charge on any atom is -0.465 e. The van der Waals surface area contributed by atoms with Gasteiger partial charge in [-0.25, -0.2) is 9.59 Å². The predicted molar refractivity (Wildman–Crippen MR) is 139 cm³/mol. The topological polar surface area (TPSA) is 90.1 Å². The number of hydrogen-bond donors (Lipinski definition) is 2. The van der Waals surface area contributed by atoms with Crippen molar-refractivity contribution in [1.29, 1.82) is 0 Å². The summed E-state index contributed by atoms with van der Waals surface area (Å²) < 4.78 is 53.0. The molecular weight excluding hydrogens is 550 g/mol. The molecule has 1 aromatic carbocycles. The number of carbonyl (C=O) groups excluding carboxylic acids is 2. The fourth-order valence-electron chi connectivity index (χ4n) is 5.13. The highest BCUT2D eigenvalue weighted by molar-refractivity contribution is 6.18. The van der Waals surface area contributed by atoms with Gasteiger partial charge in [-0.15, -0.1) is 23.2 Å². The quantitative estimate of drug-likeness (QED) is 0.378. The van der Waals surface area contributed by atoms with E-state index in [1.165, 1.54) is 11.0 Å². The van der Waals surface area contributed by atoms with Gasteiger partial charge in [-0.1, -0.05) is 0 Å². The van der Waals surface area contributed by atoms with E-state index in [4.69, 9.17) is 32.7 Å². The largest absolute Gasteiger partial charge is 0.465 e. The standard InChI is InChI=1S/C24H30Cl2F3N5O4/c1-32-6-8-34(9-7-32)23(36)38-16-10-14-17(13(12-30-14)15(11-26)33(2)5-4-25)18-19(22(35)37-3)21(24(27,28)29)31-20(16)18/h10,13,15,30-31H,4-9,11-12H2,1-3H3. The van der Waals surface area contributed by atoms with Gasteiger partial charge in [-0.2, -0.15) is 13.2 Å². The maximum atomic E-state index is 14.2. The smallest absolute Gasteiger partial charge is 0.432 e. The van der Waals surface area contributed by atoms with Gasteiger partial charge in [0, 0.05) is 80.1 Å². The van der Waals surface area contributed by atoms with Crippen LogP contribution in [0, 0.1) is 0 Å². The van der Waals surface area contributed by atoms with Crippen LogP contribution in [0.5, 0.6) is 5.75 Å². The summed E-state index contributed by atoms with van der Waals surface area (Å²) in [5, 5.41) is 3.20. The zero-order valence-corrected chi connectivity index (χ0v) is 22.8. The first-order valence-electron chi connectivity index (χ1n) is 12.1. The van der Waals surface area contributed by atoms with E-state index in [1.54, 1.807) is 0 Å². The van der Waals surface area contributed by atoms with Crippen LogP contribution in [0.15, 0.2) is 6.07 Å². The number of H-pyrrole nitrogens is 1. The number of amides is 1. The molecule has 9 nitrogen and oxygen atoms in total. The fourth-order valence-corrected chi connectivity index (χ4v) is 5.85. The van der Waals surface area contributed by atoms with E-state index < -0.39 is 29.5 Å². The fraction of sp³-hybridized carbons (Fsp3) is 0.583. The van der Waals surface area contributed by atoms with E-state index >= 15 is 0 Å². The number of aromatic nitrogens is 1. The van der Waals surface area contributed by atoms with Crippen molar-refractivity contribution in [1.82, 2.24) is 19.7 Å². The summed E-state index contributed by atoms with van der Waals surface area (Å²) >= 11 is 12.3. The van der Waals surface area contributed by atoms with Gasteiger partial charge in [-0.05, 0) is 19.7 Å². The monoisotopic (exact) mass is 579 g/mol. The molecule has 0 spiro atoms. The number of alkyl halides is 5. The number of halogens is 5. The maximum absolute atomic E-state index is 14.2. The van der Waals surface area contributed by atoms with E-state index in [0.717, 1.165) is 7.11 Å². The van der Waals surface area contributed by atoms with Gasteiger partial charge in [0.2, 0.25) is 0 Å². The number of hydrogen-bond acceptors (Lipinski definition) is 7. The van der Waals surface area contributed by atoms with Crippen LogP contribution in [0.3, 0.4) is 0 Å². The van der Waals surface area contributed by atoms with Crippen molar-refractivity contribution in [2.45, 2.75) is 18.1 Å². The average molecular weight is 580 g/mol. The molecule has 1 aromatic heterocycles. The van der Waals surface area contributed by atoms with Crippen molar-refractivity contribution < 1.29 is 32.2 Å². The molecular formula is C24H30Cl2F3N5O4. The molecule has 3 heterocycles. The average Bonchev–Trinajstić information content (AvgIpc) is 3.47. The predicted octanol–water partition coefficient (Wildman–Crippen LogP) is 4.01. The van der Waals surface area contributed by atoms with Crippen molar-refractivity contribution in [3.63, 3.8) is 0 Å². The number of aromatic amines is 1. The third-order valence-electron chi connectivity index (χ3n) is 7.22. The van der Waals surface area contributed by atoms with Crippen molar-refractivity contribution in [3.8, 4) is 5.75 Å². The first kappa shape index (κ1) is 28.6. The van der Waals surface area contributed by atoms with E-state index in [1.807, 2.05) is 19.0 Å². The minimum atomic E-state index is -4.91. The van der Waals surface area contributed by atoms with Crippen molar-refractivity contribution in [2.24, 2.45) is 0 Å². The molecule has 2 aromatic rings. The lowest BCUT2D eigenvalue weighted by Gasteiger charge is -2.32. The summed E-state index contributed by atoms with van der Waals surface area (Å²) in [5.74, 6) is -1.15. The molecule has 2 aliphatic rings. The van der Waals surface area contributed by atoms with Gasteiger partial charge < -0.3 is 34.5 Å². The summed E-state index contributed by atoms with van der Waals surface area (Å²) in [6.07, 6.45) is -5.59. The maximum Gasteiger partial charge on any atom is 0.432 e. The van der Waals surface area contributed by atoms with Crippen LogP contribution in [0.4, 0.5) is 23.7 Å². The highest BCUT2D eigenvalue weighted by Crippen LogP contribution is 2.48. The number of ether oxygens (including phenoxy) is 2. The Kier molecular flexibility index (Phi) is 8.55. The molecule has 0 aliphatic carbocycles. The number of anilines is 1. The zero-order valence-electron chi connectivity index (χ0n) is 21.3. The summed E-state index contributed by atoms with van der Waals surface area (Å²) in [4.78, 5) is 33.6. The van der Waals surface area contributed by atoms with Crippen LogP contribution in [-0.2, 0) is 10.9 Å². The van der Waals surface area contributed by atoms with Gasteiger partial charge in [0.1, 0.15) is 5.69 Å². The number of piperazine rings is 1. The molecule has 2 atom stereocenters. The second-order valence-corrected chi connectivity index (χ2v) is 10.2. The second kappa shape index (κ2) is 11.4. The second-order valence-electron chi connectivity index (χ2n) is 9.49. The van der Waals surface area contributed by atoms with E-state index in [2.05, 4.69) is 15.2 Å². The molecule has 1 fully saturated rings. The number of esters is 1. The number of fused-ring (bicyclic) bond motifs is 3. The first-order valence-corrected chi connectivity index (χ1v) is 13.2. The molecule has 2 unspecified atom stereocenters. The Bertz CT molecular complexity index is 1200. The van der Waals surface area contributed by atoms with Gasteiger partial charge >= 0.3 is 18.2 Å². The summed E-state index contributed by atoms with van der Waals surface area (Å²) in [7, 11) is 4.78. The molecule has 2 N–H and O–H groups in total. The normalized spacial score (nSPS) is 19.0. The molecule has 38 heavy (non-hydrogen) atoms. The number of rotatable bonds is 7. The van der Waals surface area contributed by atoms with Crippen LogP contribution in [0.1, 0.15) is 27.5 Å². The number of nitrogens with one attached hydrogen (secondary N) is 2. The van der Waals surface area contributed by atoms with Crippen LogP contribution < -0.4 is 10.1 Å². The van der Waals surface area contributed by atoms with Crippen molar-refractivity contribution >= 4 is 51.9 Å². The minimum absolute atomic E-state index is 0.00718. The summed E-state index contributed by atoms with van der Waals surface area (Å²) in [6.45, 7) is 2.96. The Labute approximate surface area is 228 Å². The Balaban J connectivity index is 1.90. The lowest BCUT2D eigenvalue weighted by atomic mass is 9.89. The Hall–Kier alpha value is -2.41. The van der Waals surface area contributed by atoms with Gasteiger partial charge in [0.15, 0.2) is 5.75 Å². The lowest BCUT2D eigenvalue weighted by molar-refractivity contribution is -0.141. The van der Waals surface area contributed by atoms with Crippen LogP contribution in [0.2, 0.25) is 0 Å². The Morgan fingerprint density at radius 2 is 1.92 bits per heavy atom. The molecule has 210 valence electrons. The van der Waals surface area contributed by atoms with Crippen LogP contribution in [-0.4, -0.2) is 110 Å². The molecule has 4 rings (SSSR count). The number of benzene rings is 1. The van der Waals surface area contributed by atoms with E-state index in [-0.39, 0.29) is 34.5 Å². The van der Waals surface area contributed by atoms with Crippen LogP contribution in [0.25, 0.3) is 10.9 Å². The highest BCUT2D eigenvalue weighted by Gasteiger charge is 2.43. The van der Waals surface area contributed by atoms with Crippen molar-refractivity contribution in [3.05, 3.63) is 22.9 Å². The Morgan fingerprint density at radius 1 is 1.24 bits per heavy atom. The number of nitrogens with zero attached hydrogens (tertiary/aromatic N) is 3. The molecule has 1 amide bonds. The molecule has 2 aliphatic heterocycles. The lowest BCUT2D eigenvalue weighted by Crippen LogP contribution is -2.48. The Morgan fingerprint density at radius 3 is 2.50 bits per heavy atom. The third-order valence-corrected chi connectivity index (χ3v) is 7.71. The summed E-state index contributed by atoms with van der Waals surface area (Å²) in [6, 6.07) is 1.19. The third kappa shape index (κ3) is 5.36. The molecule has 0 radical (unpaired) electrons. The highest BCUT2D eigenvalue weighted by atomic mass is 35.5. The number of methoxy groups -OCH3 is 1. The molecule has 1 saturated heterocycles. The molecule has 0 bridgehead atoms. The van der Waals surface area contributed by atoms with Gasteiger partial charge in [-0.3, -0.25) is 0 Å². The molecule has 0 saturated carbocycles. The number of carbonyl (C=O) groups is 2. The first-order chi connectivity index (χ1) is 18.0. The van der Waals surface area contributed by atoms with Gasteiger partial charge in [0.25, 0.3) is 0 Å². The number of likely N-dealkylation sites (N-methyl/N-ethyl adjacent to an activating group) is 2. The van der Waals surface area contributed by atoms with E-state index in [9.17, 15) is 22.8 Å². The van der Waals surface area contributed by atoms with Gasteiger partial charge in [0.05, 0.1) is 18.2 Å². The van der Waals surface area contributed by atoms with Crippen LogP contribution >= 0.6 is 23.2 Å². The van der Waals surface area contributed by atoms with Crippen molar-refractivity contribution in [2.75, 3.05) is 77.6 Å². The SMILES string of the molecule is COC(=O)c1c(C(F)(F)F)[nH]c2c(OC(=O)N3CCN(C)CC3)cc3c(c12)C(C(CCl)N(C)CCCl)CN3. The van der Waals surface area contributed by atoms with E-state index in [0.29, 0.717) is 56.4 Å².